The number of hydrogen-bond donors (Lipinski definition) is 0. The molecule has 0 amide bonds. The van der Waals surface area contributed by atoms with Crippen molar-refractivity contribution in [3.05, 3.63) is 46.6 Å². The molecule has 3 aliphatic rings. The van der Waals surface area contributed by atoms with Crippen molar-refractivity contribution < 1.29 is 9.15 Å². The molecule has 0 radical (unpaired) electrons. The van der Waals surface area contributed by atoms with Crippen molar-refractivity contribution in [1.82, 2.24) is 4.98 Å². The molecule has 0 bridgehead atoms. The van der Waals surface area contributed by atoms with Crippen molar-refractivity contribution in [1.29, 1.82) is 0 Å². The van der Waals surface area contributed by atoms with Crippen LogP contribution in [0.2, 0.25) is 0 Å². The molecule has 166 valence electrons. The minimum atomic E-state index is -0.258. The van der Waals surface area contributed by atoms with Crippen LogP contribution >= 0.6 is 0 Å². The molecule has 2 aliphatic carbocycles. The fraction of sp³-hybridized carbons (Fsp3) is 0.630. The van der Waals surface area contributed by atoms with E-state index in [-0.39, 0.29) is 16.6 Å². The minimum absolute atomic E-state index is 0.177. The highest BCUT2D eigenvalue weighted by Crippen LogP contribution is 2.66. The van der Waals surface area contributed by atoms with Gasteiger partial charge in [-0.15, -0.1) is 0 Å². The Labute approximate surface area is 185 Å². The Morgan fingerprint density at radius 3 is 2.68 bits per heavy atom. The third-order valence-corrected chi connectivity index (χ3v) is 9.76. The van der Waals surface area contributed by atoms with Gasteiger partial charge in [-0.1, -0.05) is 34.1 Å². The molecule has 4 heteroatoms. The van der Waals surface area contributed by atoms with Crippen LogP contribution in [0, 0.1) is 28.6 Å². The topological polar surface area (TPSA) is 52.3 Å². The van der Waals surface area contributed by atoms with Crippen LogP contribution in [0.4, 0.5) is 0 Å². The number of hydrogen-bond acceptors (Lipinski definition) is 4. The van der Waals surface area contributed by atoms with E-state index >= 15 is 0 Å². The average molecular weight is 422 g/mol. The molecule has 0 aromatic carbocycles. The number of rotatable bonds is 2. The summed E-state index contributed by atoms with van der Waals surface area (Å²) < 4.78 is 12.5. The summed E-state index contributed by atoms with van der Waals surface area (Å²) in [5, 5.41) is 0. The van der Waals surface area contributed by atoms with Gasteiger partial charge in [-0.2, -0.15) is 0 Å². The van der Waals surface area contributed by atoms with Gasteiger partial charge in [-0.25, -0.2) is 4.79 Å². The Balaban J connectivity index is 1.57. The molecule has 0 spiro atoms. The zero-order valence-electron chi connectivity index (χ0n) is 19.5. The first kappa shape index (κ1) is 20.8. The summed E-state index contributed by atoms with van der Waals surface area (Å²) >= 11 is 0. The maximum Gasteiger partial charge on any atom is 0.343 e. The monoisotopic (exact) mass is 421 g/mol. The zero-order valence-corrected chi connectivity index (χ0v) is 19.5. The second-order valence-electron chi connectivity index (χ2n) is 11.1. The Bertz CT molecular complexity index is 1050. The lowest BCUT2D eigenvalue weighted by Gasteiger charge is -2.65. The largest absolute Gasteiger partial charge is 0.487 e. The van der Waals surface area contributed by atoms with Crippen LogP contribution in [-0.4, -0.2) is 10.6 Å². The molecule has 5 rings (SSSR count). The Morgan fingerprint density at radius 1 is 1.16 bits per heavy atom. The van der Waals surface area contributed by atoms with Crippen LogP contribution in [0.15, 0.2) is 39.8 Å². The fourth-order valence-corrected chi connectivity index (χ4v) is 7.55. The molecule has 0 saturated heterocycles. The highest BCUT2D eigenvalue weighted by molar-refractivity contribution is 5.58. The molecule has 2 fully saturated rings. The van der Waals surface area contributed by atoms with Crippen LogP contribution in [0.25, 0.3) is 11.3 Å². The Hall–Kier alpha value is -2.10. The average Bonchev–Trinajstić information content (AvgIpc) is 2.76. The van der Waals surface area contributed by atoms with Crippen LogP contribution in [-0.2, 0) is 6.42 Å². The number of aromatic nitrogens is 1. The smallest absolute Gasteiger partial charge is 0.343 e. The molecule has 1 aliphatic heterocycles. The highest BCUT2D eigenvalue weighted by Gasteiger charge is 2.62. The molecule has 2 saturated carbocycles. The molecule has 3 heterocycles. The van der Waals surface area contributed by atoms with Gasteiger partial charge >= 0.3 is 5.63 Å². The van der Waals surface area contributed by atoms with E-state index in [1.165, 1.54) is 25.7 Å². The van der Waals surface area contributed by atoms with Gasteiger partial charge in [0, 0.05) is 29.9 Å². The van der Waals surface area contributed by atoms with E-state index in [9.17, 15) is 4.79 Å². The highest BCUT2D eigenvalue weighted by atomic mass is 16.5. The molecule has 6 atom stereocenters. The summed E-state index contributed by atoms with van der Waals surface area (Å²) in [5.41, 5.74) is 1.54. The first-order chi connectivity index (χ1) is 14.7. The maximum absolute atomic E-state index is 13.1. The minimum Gasteiger partial charge on any atom is -0.487 e. The first-order valence-corrected chi connectivity index (χ1v) is 12.0. The third kappa shape index (κ3) is 2.93. The zero-order chi connectivity index (χ0) is 22.0. The summed E-state index contributed by atoms with van der Waals surface area (Å²) in [6.07, 6.45) is 10.1. The summed E-state index contributed by atoms with van der Waals surface area (Å²) in [4.78, 5) is 17.2. The van der Waals surface area contributed by atoms with E-state index in [2.05, 4.69) is 39.6 Å². The molecule has 2 unspecified atom stereocenters. The molecular weight excluding hydrogens is 386 g/mol. The van der Waals surface area contributed by atoms with Gasteiger partial charge in [0.1, 0.15) is 17.1 Å². The lowest BCUT2D eigenvalue weighted by atomic mass is 9.42. The van der Waals surface area contributed by atoms with Crippen molar-refractivity contribution in [3.8, 4) is 17.1 Å². The van der Waals surface area contributed by atoms with Crippen LogP contribution < -0.4 is 10.4 Å². The normalized spacial score (nSPS) is 39.1. The van der Waals surface area contributed by atoms with Gasteiger partial charge in [0.05, 0.1) is 5.56 Å². The summed E-state index contributed by atoms with van der Waals surface area (Å²) in [6.45, 7) is 12.1. The predicted molar refractivity (Wildman–Crippen MR) is 122 cm³/mol. The third-order valence-electron chi connectivity index (χ3n) is 9.76. The molecule has 0 N–H and O–H groups in total. The van der Waals surface area contributed by atoms with E-state index < -0.39 is 0 Å². The van der Waals surface area contributed by atoms with E-state index in [1.54, 1.807) is 12.4 Å². The van der Waals surface area contributed by atoms with Gasteiger partial charge in [0.25, 0.3) is 0 Å². The second kappa shape index (κ2) is 6.95. The van der Waals surface area contributed by atoms with Crippen LogP contribution in [0.1, 0.15) is 72.3 Å². The van der Waals surface area contributed by atoms with Crippen LogP contribution in [0.3, 0.4) is 0 Å². The quantitative estimate of drug-likeness (QED) is 0.573. The van der Waals surface area contributed by atoms with Crippen molar-refractivity contribution in [2.75, 3.05) is 0 Å². The molecule has 2 aromatic rings. The SMILES string of the molecule is CC[C@@]1(C)C2CC[C@@]3(C)Oc4cc(-c5cccnc5)oc(=O)c4CC3[C@@]2(C)CC[C@@H]1C. The molecule has 31 heavy (non-hydrogen) atoms. The van der Waals surface area contributed by atoms with Crippen LogP contribution in [0.5, 0.6) is 5.75 Å². The summed E-state index contributed by atoms with van der Waals surface area (Å²) in [6, 6.07) is 5.67. The number of pyridine rings is 1. The van der Waals surface area contributed by atoms with E-state index in [0.717, 1.165) is 24.3 Å². The van der Waals surface area contributed by atoms with E-state index in [4.69, 9.17) is 9.15 Å². The Morgan fingerprint density at radius 2 is 1.97 bits per heavy atom. The number of fused-ring (bicyclic) bond motifs is 4. The molecule has 4 nitrogen and oxygen atoms in total. The summed E-state index contributed by atoms with van der Waals surface area (Å²) in [5.74, 6) is 2.97. The van der Waals surface area contributed by atoms with E-state index in [0.29, 0.717) is 34.3 Å². The number of nitrogens with zero attached hydrogens (tertiary/aromatic N) is 1. The fourth-order valence-electron chi connectivity index (χ4n) is 7.55. The number of ether oxygens (including phenoxy) is 1. The van der Waals surface area contributed by atoms with Crippen molar-refractivity contribution >= 4 is 0 Å². The van der Waals surface area contributed by atoms with Gasteiger partial charge in [0.2, 0.25) is 0 Å². The lowest BCUT2D eigenvalue weighted by Crippen LogP contribution is -2.63. The lowest BCUT2D eigenvalue weighted by molar-refractivity contribution is -0.181. The summed E-state index contributed by atoms with van der Waals surface area (Å²) in [7, 11) is 0. The second-order valence-corrected chi connectivity index (χ2v) is 11.1. The van der Waals surface area contributed by atoms with Gasteiger partial charge in [0.15, 0.2) is 0 Å². The van der Waals surface area contributed by atoms with E-state index in [1.807, 2.05) is 18.2 Å². The maximum atomic E-state index is 13.1. The van der Waals surface area contributed by atoms with Crippen molar-refractivity contribution in [2.24, 2.45) is 28.6 Å². The van der Waals surface area contributed by atoms with Gasteiger partial charge in [-0.3, -0.25) is 4.98 Å². The Kier molecular flexibility index (Phi) is 4.66. The van der Waals surface area contributed by atoms with Crippen molar-refractivity contribution in [2.45, 2.75) is 78.7 Å². The molecular formula is C27H35NO3. The van der Waals surface area contributed by atoms with Crippen molar-refractivity contribution in [3.63, 3.8) is 0 Å². The molecule has 2 aromatic heterocycles. The first-order valence-electron chi connectivity index (χ1n) is 12.0. The predicted octanol–water partition coefficient (Wildman–Crippen LogP) is 6.27. The van der Waals surface area contributed by atoms with Gasteiger partial charge < -0.3 is 9.15 Å². The standard InChI is InChI=1S/C27H35NO3/c1-6-25(3)17(2)9-11-26(4)22(25)10-12-27(5)23(26)14-19-21(31-27)15-20(30-24(19)29)18-8-7-13-28-16-18/h7-8,13,15-17,22-23H,6,9-12,14H2,1-5H3/t17-,22?,23?,25+,26-,27+/m0/s1. The van der Waals surface area contributed by atoms with Gasteiger partial charge in [-0.05, 0) is 73.8 Å².